The average molecular weight is 631 g/mol. The van der Waals surface area contributed by atoms with Crippen LogP contribution in [0.5, 0.6) is 0 Å². The Hall–Kier alpha value is -5.18. The molecule has 3 fully saturated rings. The highest BCUT2D eigenvalue weighted by Gasteiger charge is 2.71. The molecule has 0 unspecified atom stereocenters. The van der Waals surface area contributed by atoms with Crippen LogP contribution in [0.2, 0.25) is 0 Å². The summed E-state index contributed by atoms with van der Waals surface area (Å²) < 4.78 is 28.7. The molecule has 3 atom stereocenters. The number of pyridine rings is 2. The summed E-state index contributed by atoms with van der Waals surface area (Å²) in [5.74, 6) is -0.449. The van der Waals surface area contributed by atoms with Crippen LogP contribution in [-0.4, -0.2) is 57.9 Å². The SMILES string of the molecule is C[C@@]1(N2C(=O)C(c3ccncc3)(c3ccncc3)NC2=CC(=O)c2ccc(C#N)cc2)[C@@H]2CCN(S(=O)(=O)c3ccccc3)C[C@@H]21. The van der Waals surface area contributed by atoms with Gasteiger partial charge < -0.3 is 5.32 Å². The van der Waals surface area contributed by atoms with Gasteiger partial charge in [-0.15, -0.1) is 0 Å². The molecule has 2 aliphatic heterocycles. The van der Waals surface area contributed by atoms with E-state index in [4.69, 9.17) is 0 Å². The number of sulfonamides is 1. The van der Waals surface area contributed by atoms with Crippen LogP contribution < -0.4 is 5.32 Å². The number of allylic oxidation sites excluding steroid dienone is 1. The van der Waals surface area contributed by atoms with Crippen LogP contribution in [0.4, 0.5) is 0 Å². The summed E-state index contributed by atoms with van der Waals surface area (Å²) in [5.41, 5.74) is -0.100. The van der Waals surface area contributed by atoms with Gasteiger partial charge >= 0.3 is 0 Å². The molecule has 0 spiro atoms. The fourth-order valence-corrected chi connectivity index (χ4v) is 8.71. The molecule has 4 aromatic rings. The summed E-state index contributed by atoms with van der Waals surface area (Å²) in [6, 6.07) is 23.8. The lowest BCUT2D eigenvalue weighted by molar-refractivity contribution is -0.133. The van der Waals surface area contributed by atoms with Gasteiger partial charge in [-0.1, -0.05) is 18.2 Å². The summed E-state index contributed by atoms with van der Waals surface area (Å²) in [5, 5.41) is 12.7. The minimum atomic E-state index is -3.73. The normalized spacial score (nSPS) is 24.6. The number of nitriles is 1. The van der Waals surface area contributed by atoms with Gasteiger partial charge in [0.05, 0.1) is 22.1 Å². The number of benzene rings is 2. The number of fused-ring (bicyclic) bond motifs is 1. The van der Waals surface area contributed by atoms with E-state index in [2.05, 4.69) is 21.4 Å². The highest BCUT2D eigenvalue weighted by atomic mass is 32.2. The first-order chi connectivity index (χ1) is 22.2. The molecule has 2 aromatic carbocycles. The van der Waals surface area contributed by atoms with Crippen LogP contribution in [0.25, 0.3) is 0 Å². The quantitative estimate of drug-likeness (QED) is 0.240. The van der Waals surface area contributed by atoms with Crippen molar-refractivity contribution in [3.8, 4) is 6.07 Å². The number of piperidine rings is 1. The fraction of sp³-hybridized carbons (Fsp3) is 0.229. The lowest BCUT2D eigenvalue weighted by atomic mass is 9.83. The van der Waals surface area contributed by atoms with Gasteiger partial charge in [0.25, 0.3) is 5.91 Å². The first-order valence-electron chi connectivity index (χ1n) is 15.0. The van der Waals surface area contributed by atoms with Crippen LogP contribution >= 0.6 is 0 Å². The first kappa shape index (κ1) is 29.5. The predicted octanol–water partition coefficient (Wildman–Crippen LogP) is 3.85. The van der Waals surface area contributed by atoms with Gasteiger partial charge in [-0.3, -0.25) is 24.5 Å². The number of nitrogens with zero attached hydrogens (tertiary/aromatic N) is 5. The second kappa shape index (κ2) is 11.0. The van der Waals surface area contributed by atoms with E-state index in [9.17, 15) is 18.5 Å². The molecule has 0 bridgehead atoms. The van der Waals surface area contributed by atoms with Crippen LogP contribution in [0.15, 0.2) is 120 Å². The maximum atomic E-state index is 15.1. The summed E-state index contributed by atoms with van der Waals surface area (Å²) in [6.45, 7) is 2.55. The topological polar surface area (TPSA) is 136 Å². The zero-order valence-electron chi connectivity index (χ0n) is 24.9. The van der Waals surface area contributed by atoms with E-state index >= 15 is 4.79 Å². The number of carbonyl (C=O) groups is 2. The van der Waals surface area contributed by atoms with Crippen molar-refractivity contribution in [3.63, 3.8) is 0 Å². The standard InChI is InChI=1S/C35H30N6O4S/c1-34(29-15-20-40(23-30(29)34)46(44,45)28-5-3-2-4-6-28)41-32(21-31(42)25-9-7-24(22-36)8-10-25)39-35(33(41)43,26-11-16-37-17-12-26)27-13-18-38-19-14-27/h2-14,16-19,21,29-30,39H,15,20,23H2,1H3/t29-,30+,34-/m1/s1. The minimum Gasteiger partial charge on any atom is -0.350 e. The van der Waals surface area contributed by atoms with E-state index in [-0.39, 0.29) is 35.0 Å². The van der Waals surface area contributed by atoms with Crippen molar-refractivity contribution < 1.29 is 18.0 Å². The maximum Gasteiger partial charge on any atom is 0.263 e. The zero-order valence-corrected chi connectivity index (χ0v) is 25.8. The summed E-state index contributed by atoms with van der Waals surface area (Å²) >= 11 is 0. The Morgan fingerprint density at radius 3 is 2.13 bits per heavy atom. The predicted molar refractivity (Wildman–Crippen MR) is 168 cm³/mol. The number of nitrogens with one attached hydrogen (secondary N) is 1. The van der Waals surface area contributed by atoms with Crippen LogP contribution in [0.1, 0.15) is 40.4 Å². The number of amides is 1. The van der Waals surface area contributed by atoms with Crippen molar-refractivity contribution in [1.82, 2.24) is 24.5 Å². The van der Waals surface area contributed by atoms with E-state index in [1.54, 1.807) is 109 Å². The van der Waals surface area contributed by atoms with Gasteiger partial charge in [0.2, 0.25) is 10.0 Å². The molecule has 4 heterocycles. The van der Waals surface area contributed by atoms with E-state index < -0.39 is 21.1 Å². The smallest absolute Gasteiger partial charge is 0.263 e. The summed E-state index contributed by atoms with van der Waals surface area (Å²) in [7, 11) is -3.73. The molecule has 1 saturated carbocycles. The van der Waals surface area contributed by atoms with Gasteiger partial charge in [0, 0.05) is 55.4 Å². The largest absolute Gasteiger partial charge is 0.350 e. The highest BCUT2D eigenvalue weighted by molar-refractivity contribution is 7.89. The maximum absolute atomic E-state index is 15.1. The van der Waals surface area contributed by atoms with Crippen molar-refractivity contribution in [2.75, 3.05) is 13.1 Å². The van der Waals surface area contributed by atoms with Crippen molar-refractivity contribution in [1.29, 1.82) is 5.26 Å². The van der Waals surface area contributed by atoms with Gasteiger partial charge in [0.15, 0.2) is 11.3 Å². The molecule has 46 heavy (non-hydrogen) atoms. The zero-order chi connectivity index (χ0) is 32.1. The number of hydrogen-bond acceptors (Lipinski definition) is 8. The molecule has 2 aromatic heterocycles. The molecule has 1 aliphatic carbocycles. The average Bonchev–Trinajstić information content (AvgIpc) is 3.58. The van der Waals surface area contributed by atoms with E-state index in [0.29, 0.717) is 41.0 Å². The number of hydrogen-bond donors (Lipinski definition) is 1. The number of ketones is 1. The lowest BCUT2D eigenvalue weighted by Crippen LogP contribution is -2.47. The van der Waals surface area contributed by atoms with Crippen LogP contribution in [0.3, 0.4) is 0 Å². The molecule has 7 rings (SSSR count). The molecule has 230 valence electrons. The van der Waals surface area contributed by atoms with Gasteiger partial charge in [-0.25, -0.2) is 8.42 Å². The third kappa shape index (κ3) is 4.52. The molecule has 10 nitrogen and oxygen atoms in total. The molecule has 2 saturated heterocycles. The van der Waals surface area contributed by atoms with Gasteiger partial charge in [0.1, 0.15) is 5.82 Å². The second-order valence-electron chi connectivity index (χ2n) is 12.0. The molecule has 1 N–H and O–H groups in total. The Kier molecular flexibility index (Phi) is 7.07. The second-order valence-corrected chi connectivity index (χ2v) is 13.9. The minimum absolute atomic E-state index is 0.0135. The van der Waals surface area contributed by atoms with E-state index in [1.807, 2.05) is 6.92 Å². The molecule has 1 amide bonds. The van der Waals surface area contributed by atoms with Crippen molar-refractivity contribution in [2.45, 2.75) is 29.3 Å². The lowest BCUT2D eigenvalue weighted by Gasteiger charge is -2.30. The first-order valence-corrected chi connectivity index (χ1v) is 16.4. The van der Waals surface area contributed by atoms with E-state index in [1.165, 1.54) is 10.4 Å². The number of aromatic nitrogens is 2. The Morgan fingerprint density at radius 2 is 1.54 bits per heavy atom. The van der Waals surface area contributed by atoms with Gasteiger partial charge in [-0.2, -0.15) is 9.57 Å². The molecular formula is C35H30N6O4S. The Labute approximate surface area is 267 Å². The Morgan fingerprint density at radius 1 is 0.935 bits per heavy atom. The fourth-order valence-electron chi connectivity index (χ4n) is 7.21. The van der Waals surface area contributed by atoms with Crippen molar-refractivity contribution in [2.24, 2.45) is 11.8 Å². The third-order valence-electron chi connectivity index (χ3n) is 9.70. The molecule has 11 heteroatoms. The van der Waals surface area contributed by atoms with Crippen LogP contribution in [0, 0.1) is 23.2 Å². The number of carbonyl (C=O) groups excluding carboxylic acids is 2. The molecule has 3 aliphatic rings. The number of rotatable bonds is 7. The Balaban J connectivity index is 1.32. The van der Waals surface area contributed by atoms with E-state index in [0.717, 1.165) is 0 Å². The highest BCUT2D eigenvalue weighted by Crippen LogP contribution is 2.62. The molecular weight excluding hydrogens is 600 g/mol. The Bertz CT molecular complexity index is 1960. The molecule has 0 radical (unpaired) electrons. The summed E-state index contributed by atoms with van der Waals surface area (Å²) in [6.07, 6.45) is 8.46. The monoisotopic (exact) mass is 630 g/mol. The van der Waals surface area contributed by atoms with Crippen molar-refractivity contribution >= 4 is 21.7 Å². The summed E-state index contributed by atoms with van der Waals surface area (Å²) in [4.78, 5) is 39.0. The van der Waals surface area contributed by atoms with Crippen LogP contribution in [-0.2, 0) is 20.4 Å². The van der Waals surface area contributed by atoms with Crippen molar-refractivity contribution in [3.05, 3.63) is 138 Å². The van der Waals surface area contributed by atoms with Gasteiger partial charge in [-0.05, 0) is 91.1 Å². The third-order valence-corrected chi connectivity index (χ3v) is 11.6.